The minimum atomic E-state index is -1.02. The lowest BCUT2D eigenvalue weighted by molar-refractivity contribution is -0.146. The normalized spacial score (nSPS) is 12.1. The minimum absolute atomic E-state index is 0.243. The van der Waals surface area contributed by atoms with Gasteiger partial charge in [-0.1, -0.05) is 35.7 Å². The molecule has 0 saturated carbocycles. The molecule has 5 heteroatoms. The van der Waals surface area contributed by atoms with Gasteiger partial charge in [0.2, 0.25) is 0 Å². The summed E-state index contributed by atoms with van der Waals surface area (Å²) in [5.74, 6) is -1.51. The first kappa shape index (κ1) is 13.4. The van der Waals surface area contributed by atoms with Crippen molar-refractivity contribution in [2.24, 2.45) is 0 Å². The van der Waals surface area contributed by atoms with Crippen LogP contribution in [0.5, 0.6) is 0 Å². The van der Waals surface area contributed by atoms with E-state index in [1.165, 1.54) is 0 Å². The number of halogens is 1. The fourth-order valence-electron chi connectivity index (χ4n) is 0.852. The van der Waals surface area contributed by atoms with Crippen LogP contribution in [0.1, 0.15) is 32.6 Å². The molecule has 1 unspecified atom stereocenters. The van der Waals surface area contributed by atoms with E-state index < -0.39 is 16.8 Å². The van der Waals surface area contributed by atoms with E-state index >= 15 is 0 Å². The Bertz CT molecular complexity index is 193. The summed E-state index contributed by atoms with van der Waals surface area (Å²) in [6.07, 6.45) is 2.66. The van der Waals surface area contributed by atoms with Gasteiger partial charge in [-0.15, -0.1) is 0 Å². The predicted molar refractivity (Wildman–Crippen MR) is 55.5 cm³/mol. The number of esters is 1. The average molecular weight is 267 g/mol. The maximum atomic E-state index is 11.1. The largest absolute Gasteiger partial charge is 0.481 e. The Morgan fingerprint density at radius 3 is 2.57 bits per heavy atom. The van der Waals surface area contributed by atoms with Crippen LogP contribution in [0, 0.1) is 0 Å². The Balaban J connectivity index is 3.57. The number of rotatable bonds is 7. The van der Waals surface area contributed by atoms with E-state index in [9.17, 15) is 9.59 Å². The quantitative estimate of drug-likeness (QED) is 0.435. The predicted octanol–water partition coefficient (Wildman–Crippen LogP) is 1.96. The summed E-state index contributed by atoms with van der Waals surface area (Å²) in [5, 5.41) is 8.40. The van der Waals surface area contributed by atoms with Crippen molar-refractivity contribution in [1.29, 1.82) is 0 Å². The molecule has 0 heterocycles. The average Bonchev–Trinajstić information content (AvgIpc) is 2.11. The number of alkyl halides is 1. The number of hydrogen-bond acceptors (Lipinski definition) is 3. The number of carboxylic acids is 1. The molecular weight excluding hydrogens is 252 g/mol. The zero-order valence-electron chi connectivity index (χ0n) is 8.16. The topological polar surface area (TPSA) is 63.6 Å². The van der Waals surface area contributed by atoms with E-state index in [-0.39, 0.29) is 6.42 Å². The molecule has 82 valence electrons. The number of carbonyl (C=O) groups is 2. The van der Waals surface area contributed by atoms with Crippen molar-refractivity contribution in [2.75, 3.05) is 6.61 Å². The van der Waals surface area contributed by atoms with Crippen LogP contribution in [0.2, 0.25) is 0 Å². The first-order valence-corrected chi connectivity index (χ1v) is 5.52. The van der Waals surface area contributed by atoms with Gasteiger partial charge in [-0.05, 0) is 6.42 Å². The maximum absolute atomic E-state index is 11.1. The Hall–Kier alpha value is -0.580. The molecule has 14 heavy (non-hydrogen) atoms. The van der Waals surface area contributed by atoms with Gasteiger partial charge in [0.1, 0.15) is 4.83 Å². The third-order valence-electron chi connectivity index (χ3n) is 1.60. The summed E-state index contributed by atoms with van der Waals surface area (Å²) in [4.78, 5) is 20.6. The van der Waals surface area contributed by atoms with Gasteiger partial charge in [0, 0.05) is 0 Å². The molecule has 0 amide bonds. The minimum Gasteiger partial charge on any atom is -0.481 e. The van der Waals surface area contributed by atoms with E-state index in [2.05, 4.69) is 22.9 Å². The fourth-order valence-corrected chi connectivity index (χ4v) is 1.26. The van der Waals surface area contributed by atoms with Crippen molar-refractivity contribution in [3.63, 3.8) is 0 Å². The maximum Gasteiger partial charge on any atom is 0.320 e. The highest BCUT2D eigenvalue weighted by Crippen LogP contribution is 2.08. The third kappa shape index (κ3) is 6.88. The number of carboxylic acid groups (broad SMARTS) is 1. The van der Waals surface area contributed by atoms with E-state index in [1.807, 2.05) is 0 Å². The number of carbonyl (C=O) groups excluding carboxylic acids is 1. The van der Waals surface area contributed by atoms with Gasteiger partial charge in [0.25, 0.3) is 0 Å². The molecule has 0 aromatic carbocycles. The molecule has 1 N–H and O–H groups in total. The van der Waals surface area contributed by atoms with Crippen LogP contribution >= 0.6 is 15.9 Å². The summed E-state index contributed by atoms with van der Waals surface area (Å²) in [6.45, 7) is 2.42. The third-order valence-corrected chi connectivity index (χ3v) is 2.30. The van der Waals surface area contributed by atoms with Gasteiger partial charge in [-0.2, -0.15) is 0 Å². The van der Waals surface area contributed by atoms with Crippen molar-refractivity contribution >= 4 is 27.9 Å². The lowest BCUT2D eigenvalue weighted by Gasteiger charge is -2.07. The smallest absolute Gasteiger partial charge is 0.320 e. The van der Waals surface area contributed by atoms with E-state index in [4.69, 9.17) is 9.84 Å². The number of unbranched alkanes of at least 4 members (excludes halogenated alkanes) is 2. The summed E-state index contributed by atoms with van der Waals surface area (Å²) in [7, 11) is 0. The van der Waals surface area contributed by atoms with Crippen LogP contribution in [0.25, 0.3) is 0 Å². The lowest BCUT2D eigenvalue weighted by atomic mass is 10.3. The second kappa shape index (κ2) is 7.79. The summed E-state index contributed by atoms with van der Waals surface area (Å²) < 4.78 is 4.86. The summed E-state index contributed by atoms with van der Waals surface area (Å²) in [5.41, 5.74) is 0. The number of ether oxygens (including phenoxy) is 1. The molecule has 0 aromatic heterocycles. The van der Waals surface area contributed by atoms with Crippen LogP contribution in [0.15, 0.2) is 0 Å². The van der Waals surface area contributed by atoms with Gasteiger partial charge in [0.05, 0.1) is 13.0 Å². The first-order chi connectivity index (χ1) is 6.57. The highest BCUT2D eigenvalue weighted by Gasteiger charge is 2.19. The molecule has 0 aliphatic rings. The molecular formula is C9H15BrO4. The van der Waals surface area contributed by atoms with E-state index in [0.29, 0.717) is 6.61 Å². The summed E-state index contributed by atoms with van der Waals surface area (Å²) >= 11 is 2.96. The van der Waals surface area contributed by atoms with Crippen molar-refractivity contribution in [3.05, 3.63) is 0 Å². The molecule has 0 bridgehead atoms. The highest BCUT2D eigenvalue weighted by molar-refractivity contribution is 9.10. The molecule has 4 nitrogen and oxygen atoms in total. The Labute approximate surface area is 91.8 Å². The van der Waals surface area contributed by atoms with Crippen LogP contribution in [-0.2, 0) is 14.3 Å². The van der Waals surface area contributed by atoms with Crippen molar-refractivity contribution in [3.8, 4) is 0 Å². The standard InChI is InChI=1S/C9H15BrO4/c1-2-3-4-5-14-9(13)7(10)6-8(11)12/h7H,2-6H2,1H3,(H,11,12). The SMILES string of the molecule is CCCCCOC(=O)C(Br)CC(=O)O. The molecule has 0 fully saturated rings. The molecule has 0 aliphatic carbocycles. The molecule has 0 aliphatic heterocycles. The van der Waals surface area contributed by atoms with Crippen molar-refractivity contribution < 1.29 is 19.4 Å². The second-order valence-corrected chi connectivity index (χ2v) is 4.05. The van der Waals surface area contributed by atoms with Crippen LogP contribution < -0.4 is 0 Å². The van der Waals surface area contributed by atoms with Crippen LogP contribution in [0.4, 0.5) is 0 Å². The van der Waals surface area contributed by atoms with Gasteiger partial charge < -0.3 is 9.84 Å². The van der Waals surface area contributed by atoms with Crippen molar-refractivity contribution in [2.45, 2.75) is 37.4 Å². The summed E-state index contributed by atoms with van der Waals surface area (Å²) in [6, 6.07) is 0. The first-order valence-electron chi connectivity index (χ1n) is 4.60. The molecule has 0 aromatic rings. The van der Waals surface area contributed by atoms with Gasteiger partial charge >= 0.3 is 11.9 Å². The molecule has 1 atom stereocenters. The fraction of sp³-hybridized carbons (Fsp3) is 0.778. The molecule has 0 rings (SSSR count). The van der Waals surface area contributed by atoms with E-state index in [1.54, 1.807) is 0 Å². The van der Waals surface area contributed by atoms with Gasteiger partial charge in [0.15, 0.2) is 0 Å². The van der Waals surface area contributed by atoms with Gasteiger partial charge in [-0.25, -0.2) is 0 Å². The molecule has 0 radical (unpaired) electrons. The second-order valence-electron chi connectivity index (χ2n) is 2.94. The Morgan fingerprint density at radius 1 is 1.43 bits per heavy atom. The zero-order valence-corrected chi connectivity index (χ0v) is 9.75. The lowest BCUT2D eigenvalue weighted by Crippen LogP contribution is -2.21. The van der Waals surface area contributed by atoms with Crippen LogP contribution in [0.3, 0.4) is 0 Å². The number of aliphatic carboxylic acids is 1. The Morgan fingerprint density at radius 2 is 2.07 bits per heavy atom. The highest BCUT2D eigenvalue weighted by atomic mass is 79.9. The van der Waals surface area contributed by atoms with Crippen molar-refractivity contribution in [1.82, 2.24) is 0 Å². The molecule has 0 spiro atoms. The molecule has 0 saturated heterocycles. The monoisotopic (exact) mass is 266 g/mol. The number of hydrogen-bond donors (Lipinski definition) is 1. The van der Waals surface area contributed by atoms with Crippen LogP contribution in [-0.4, -0.2) is 28.5 Å². The van der Waals surface area contributed by atoms with Gasteiger partial charge in [-0.3, -0.25) is 9.59 Å². The zero-order chi connectivity index (χ0) is 11.0. The van der Waals surface area contributed by atoms with E-state index in [0.717, 1.165) is 19.3 Å². The Kier molecular flexibility index (Phi) is 7.47.